The molecule has 0 spiro atoms. The van der Waals surface area contributed by atoms with Crippen molar-refractivity contribution in [3.05, 3.63) is 69.7 Å². The number of ether oxygens (including phenoxy) is 1. The number of anilines is 1. The highest BCUT2D eigenvalue weighted by atomic mass is 32.1. The number of amides is 1. The molecule has 28 heavy (non-hydrogen) atoms. The molecule has 0 atom stereocenters. The minimum atomic E-state index is -0.820. The third-order valence-electron chi connectivity index (χ3n) is 3.97. The highest BCUT2D eigenvalue weighted by Gasteiger charge is 2.14. The van der Waals surface area contributed by atoms with E-state index in [1.54, 1.807) is 12.1 Å². The van der Waals surface area contributed by atoms with E-state index in [-0.39, 0.29) is 23.9 Å². The number of carboxylic acids is 1. The average molecular weight is 397 g/mol. The van der Waals surface area contributed by atoms with Gasteiger partial charge in [-0.15, -0.1) is 10.2 Å². The van der Waals surface area contributed by atoms with Crippen molar-refractivity contribution in [2.75, 3.05) is 5.32 Å². The summed E-state index contributed by atoms with van der Waals surface area (Å²) in [5.74, 6) is -0.486. The first kappa shape index (κ1) is 19.5. The molecule has 3 aromatic rings. The Kier molecular flexibility index (Phi) is 6.33. The van der Waals surface area contributed by atoms with Crippen LogP contribution in [0.3, 0.4) is 0 Å². The van der Waals surface area contributed by atoms with E-state index in [4.69, 9.17) is 9.84 Å². The van der Waals surface area contributed by atoms with Gasteiger partial charge in [0, 0.05) is 12.1 Å². The summed E-state index contributed by atoms with van der Waals surface area (Å²) in [7, 11) is 0. The zero-order chi connectivity index (χ0) is 19.9. The molecule has 2 N–H and O–H groups in total. The molecular weight excluding hydrogens is 378 g/mol. The molecule has 1 aromatic heterocycles. The van der Waals surface area contributed by atoms with Crippen LogP contribution in [0.25, 0.3) is 0 Å². The number of hydrogen-bond acceptors (Lipinski definition) is 6. The van der Waals surface area contributed by atoms with Crippen LogP contribution < -0.4 is 10.1 Å². The molecule has 0 aliphatic carbocycles. The molecule has 144 valence electrons. The summed E-state index contributed by atoms with van der Waals surface area (Å²) in [5.41, 5.74) is 2.64. The minimum absolute atomic E-state index is 0.0956. The number of rotatable bonds is 8. The van der Waals surface area contributed by atoms with Crippen LogP contribution in [0.2, 0.25) is 0 Å². The second kappa shape index (κ2) is 9.09. The third-order valence-corrected chi connectivity index (χ3v) is 4.86. The maximum Gasteiger partial charge on any atom is 0.303 e. The molecule has 0 aliphatic rings. The van der Waals surface area contributed by atoms with Crippen molar-refractivity contribution in [1.82, 2.24) is 10.2 Å². The molecule has 8 heteroatoms. The highest BCUT2D eigenvalue weighted by molar-refractivity contribution is 7.13. The molecule has 0 saturated carbocycles. The van der Waals surface area contributed by atoms with Gasteiger partial charge in [0.25, 0.3) is 5.91 Å². The van der Waals surface area contributed by atoms with E-state index in [1.165, 1.54) is 11.3 Å². The first-order valence-corrected chi connectivity index (χ1v) is 9.46. The van der Waals surface area contributed by atoms with E-state index >= 15 is 0 Å². The number of nitrogens with zero attached hydrogens (tertiary/aromatic N) is 2. The Balaban J connectivity index is 1.54. The molecule has 1 heterocycles. The number of carbonyl (C=O) groups excluding carboxylic acids is 1. The number of carbonyl (C=O) groups is 2. The molecule has 0 aliphatic heterocycles. The Morgan fingerprint density at radius 3 is 2.57 bits per heavy atom. The monoisotopic (exact) mass is 397 g/mol. The van der Waals surface area contributed by atoms with Gasteiger partial charge in [-0.3, -0.25) is 9.59 Å². The number of para-hydroxylation sites is 1. The fraction of sp³-hybridized carbons (Fsp3) is 0.200. The van der Waals surface area contributed by atoms with Crippen molar-refractivity contribution in [2.24, 2.45) is 0 Å². The van der Waals surface area contributed by atoms with Crippen LogP contribution >= 0.6 is 11.3 Å². The van der Waals surface area contributed by atoms with Gasteiger partial charge in [0.1, 0.15) is 12.4 Å². The van der Waals surface area contributed by atoms with Crippen LogP contribution in [-0.2, 0) is 17.8 Å². The smallest absolute Gasteiger partial charge is 0.303 e. The Bertz CT molecular complexity index is 970. The number of hydrogen-bond donors (Lipinski definition) is 2. The van der Waals surface area contributed by atoms with E-state index in [1.807, 2.05) is 43.3 Å². The molecule has 7 nitrogen and oxygen atoms in total. The summed E-state index contributed by atoms with van der Waals surface area (Å²) < 4.78 is 5.66. The zero-order valence-corrected chi connectivity index (χ0v) is 16.0. The average Bonchev–Trinajstić information content (AvgIpc) is 3.16. The molecule has 0 fully saturated rings. The van der Waals surface area contributed by atoms with Crippen molar-refractivity contribution in [3.63, 3.8) is 0 Å². The number of benzene rings is 2. The molecule has 0 bridgehead atoms. The number of nitrogens with one attached hydrogen (secondary N) is 1. The van der Waals surface area contributed by atoms with Crippen molar-refractivity contribution in [1.29, 1.82) is 0 Å². The Labute approximate surface area is 166 Å². The second-order valence-electron chi connectivity index (χ2n) is 6.10. The van der Waals surface area contributed by atoms with Gasteiger partial charge < -0.3 is 15.2 Å². The quantitative estimate of drug-likeness (QED) is 0.601. The molecule has 3 rings (SSSR count). The van der Waals surface area contributed by atoms with Crippen LogP contribution in [0.1, 0.15) is 32.4 Å². The Morgan fingerprint density at radius 2 is 1.86 bits per heavy atom. The van der Waals surface area contributed by atoms with Gasteiger partial charge in [0.2, 0.25) is 5.01 Å². The Morgan fingerprint density at radius 1 is 1.11 bits per heavy atom. The summed E-state index contributed by atoms with van der Waals surface area (Å²) in [4.78, 5) is 22.9. The molecule has 1 amide bonds. The van der Waals surface area contributed by atoms with Gasteiger partial charge in [0.15, 0.2) is 5.01 Å². The predicted molar refractivity (Wildman–Crippen MR) is 106 cm³/mol. The lowest BCUT2D eigenvalue weighted by atomic mass is 10.1. The molecular formula is C20H19N3O4S. The summed E-state index contributed by atoms with van der Waals surface area (Å²) >= 11 is 1.18. The summed E-state index contributed by atoms with van der Waals surface area (Å²) in [6.07, 6.45) is 0.573. The van der Waals surface area contributed by atoms with Crippen LogP contribution in [-0.4, -0.2) is 27.2 Å². The van der Waals surface area contributed by atoms with E-state index in [2.05, 4.69) is 15.5 Å². The topological polar surface area (TPSA) is 101 Å². The lowest BCUT2D eigenvalue weighted by Gasteiger charge is -2.05. The maximum absolute atomic E-state index is 12.3. The standard InChI is InChI=1S/C20H19N3O4S/c1-13-4-2-3-5-16(13)21-19(26)20-23-22-17(28-20)12-27-15-9-6-14(7-10-15)8-11-18(24)25/h2-7,9-10H,8,11-12H2,1H3,(H,21,26)(H,24,25). The second-order valence-corrected chi connectivity index (χ2v) is 7.16. The molecule has 0 unspecified atom stereocenters. The van der Waals surface area contributed by atoms with E-state index < -0.39 is 5.97 Å². The lowest BCUT2D eigenvalue weighted by Crippen LogP contribution is -2.12. The first-order valence-electron chi connectivity index (χ1n) is 8.64. The fourth-order valence-electron chi connectivity index (χ4n) is 2.44. The first-order chi connectivity index (χ1) is 13.5. The van der Waals surface area contributed by atoms with Gasteiger partial charge in [-0.1, -0.05) is 41.7 Å². The van der Waals surface area contributed by atoms with Crippen molar-refractivity contribution >= 4 is 28.9 Å². The van der Waals surface area contributed by atoms with Crippen LogP contribution in [0.4, 0.5) is 5.69 Å². The SMILES string of the molecule is Cc1ccccc1NC(=O)c1nnc(COc2ccc(CCC(=O)O)cc2)s1. The minimum Gasteiger partial charge on any atom is -0.486 e. The molecule has 2 aromatic carbocycles. The zero-order valence-electron chi connectivity index (χ0n) is 15.2. The van der Waals surface area contributed by atoms with Crippen LogP contribution in [0, 0.1) is 6.92 Å². The van der Waals surface area contributed by atoms with E-state index in [9.17, 15) is 9.59 Å². The van der Waals surface area contributed by atoms with E-state index in [0.717, 1.165) is 16.8 Å². The molecule has 0 saturated heterocycles. The molecule has 0 radical (unpaired) electrons. The summed E-state index contributed by atoms with van der Waals surface area (Å²) in [5, 5.41) is 20.3. The lowest BCUT2D eigenvalue weighted by molar-refractivity contribution is -0.136. The van der Waals surface area contributed by atoms with E-state index in [0.29, 0.717) is 17.2 Å². The van der Waals surface area contributed by atoms with Gasteiger partial charge in [0.05, 0.1) is 0 Å². The number of aliphatic carboxylic acids is 1. The number of carboxylic acid groups (broad SMARTS) is 1. The maximum atomic E-state index is 12.3. The number of aromatic nitrogens is 2. The Hall–Kier alpha value is -3.26. The van der Waals surface area contributed by atoms with Gasteiger partial charge >= 0.3 is 5.97 Å². The normalized spacial score (nSPS) is 10.5. The van der Waals surface area contributed by atoms with Crippen molar-refractivity contribution in [3.8, 4) is 5.75 Å². The van der Waals surface area contributed by atoms with Crippen LogP contribution in [0.5, 0.6) is 5.75 Å². The largest absolute Gasteiger partial charge is 0.486 e. The summed E-state index contributed by atoms with van der Waals surface area (Å²) in [6.45, 7) is 2.12. The number of aryl methyl sites for hydroxylation is 2. The van der Waals surface area contributed by atoms with Crippen LogP contribution in [0.15, 0.2) is 48.5 Å². The van der Waals surface area contributed by atoms with Gasteiger partial charge in [-0.05, 0) is 42.7 Å². The summed E-state index contributed by atoms with van der Waals surface area (Å²) in [6, 6.07) is 14.7. The highest BCUT2D eigenvalue weighted by Crippen LogP contribution is 2.19. The van der Waals surface area contributed by atoms with Gasteiger partial charge in [-0.2, -0.15) is 0 Å². The van der Waals surface area contributed by atoms with Gasteiger partial charge in [-0.25, -0.2) is 0 Å². The van der Waals surface area contributed by atoms with Crippen molar-refractivity contribution in [2.45, 2.75) is 26.4 Å². The predicted octanol–water partition coefficient (Wildman–Crippen LogP) is 3.70. The third kappa shape index (κ3) is 5.37. The van der Waals surface area contributed by atoms with Crippen molar-refractivity contribution < 1.29 is 19.4 Å². The fourth-order valence-corrected chi connectivity index (χ4v) is 3.09.